The Hall–Kier alpha value is -1.04. The molecule has 0 N–H and O–H groups in total. The minimum atomic E-state index is -0.876. The summed E-state index contributed by atoms with van der Waals surface area (Å²) < 4.78 is 0. The Kier molecular flexibility index (Phi) is 4.99. The van der Waals surface area contributed by atoms with Crippen LogP contribution in [0.2, 0.25) is 10.0 Å². The van der Waals surface area contributed by atoms with Crippen molar-refractivity contribution < 1.29 is 4.79 Å². The number of carbonyl (C=O) groups is 1. The van der Waals surface area contributed by atoms with Crippen molar-refractivity contribution in [3.05, 3.63) is 33.8 Å². The summed E-state index contributed by atoms with van der Waals surface area (Å²) in [5.41, 5.74) is 0.420. The minimum Gasteiger partial charge on any atom is -0.298 e. The van der Waals surface area contributed by atoms with Crippen LogP contribution in [0.25, 0.3) is 0 Å². The zero-order valence-electron chi connectivity index (χ0n) is 9.71. The molecule has 0 aromatic heterocycles. The Balaban J connectivity index is 3.11. The molecule has 1 rings (SSSR count). The van der Waals surface area contributed by atoms with Gasteiger partial charge in [-0.05, 0) is 18.1 Å². The van der Waals surface area contributed by atoms with E-state index in [0.29, 0.717) is 22.0 Å². The maximum atomic E-state index is 11.9. The summed E-state index contributed by atoms with van der Waals surface area (Å²) in [4.78, 5) is 11.9. The zero-order valence-corrected chi connectivity index (χ0v) is 11.2. The smallest absolute Gasteiger partial charge is 0.154 e. The molecule has 17 heavy (non-hydrogen) atoms. The van der Waals surface area contributed by atoms with Crippen LogP contribution >= 0.6 is 23.2 Å². The molecule has 90 valence electrons. The predicted molar refractivity (Wildman–Crippen MR) is 69.3 cm³/mol. The van der Waals surface area contributed by atoms with Crippen LogP contribution in [0.5, 0.6) is 0 Å². The highest BCUT2D eigenvalue weighted by atomic mass is 35.5. The summed E-state index contributed by atoms with van der Waals surface area (Å²) in [6, 6.07) is 6.95. The van der Waals surface area contributed by atoms with E-state index in [1.807, 2.05) is 19.9 Å². The number of ketones is 1. The summed E-state index contributed by atoms with van der Waals surface area (Å²) >= 11 is 12.0. The van der Waals surface area contributed by atoms with Crippen LogP contribution in [-0.2, 0) is 4.79 Å². The Morgan fingerprint density at radius 2 is 1.88 bits per heavy atom. The van der Waals surface area contributed by atoms with Crippen molar-refractivity contribution in [3.63, 3.8) is 0 Å². The molecule has 0 saturated heterocycles. The molecule has 0 bridgehead atoms. The van der Waals surface area contributed by atoms with Gasteiger partial charge < -0.3 is 0 Å². The molecule has 0 amide bonds. The number of nitriles is 1. The van der Waals surface area contributed by atoms with Crippen molar-refractivity contribution in [2.75, 3.05) is 0 Å². The number of halogens is 2. The molecule has 0 radical (unpaired) electrons. The lowest BCUT2D eigenvalue weighted by atomic mass is 9.91. The van der Waals surface area contributed by atoms with Crippen LogP contribution in [0, 0.1) is 17.2 Å². The van der Waals surface area contributed by atoms with Crippen LogP contribution in [0.1, 0.15) is 31.7 Å². The SMILES string of the molecule is CC(C)CC(=O)C(C#N)c1c(Cl)cccc1Cl. The topological polar surface area (TPSA) is 40.9 Å². The van der Waals surface area contributed by atoms with E-state index in [2.05, 4.69) is 0 Å². The van der Waals surface area contributed by atoms with Gasteiger partial charge >= 0.3 is 0 Å². The zero-order chi connectivity index (χ0) is 13.0. The number of hydrogen-bond acceptors (Lipinski definition) is 2. The largest absolute Gasteiger partial charge is 0.298 e. The molecule has 0 fully saturated rings. The fourth-order valence-corrected chi connectivity index (χ4v) is 2.22. The fourth-order valence-electron chi connectivity index (χ4n) is 1.60. The van der Waals surface area contributed by atoms with Gasteiger partial charge in [-0.15, -0.1) is 0 Å². The van der Waals surface area contributed by atoms with Crippen LogP contribution < -0.4 is 0 Å². The second-order valence-corrected chi connectivity index (χ2v) is 5.08. The van der Waals surface area contributed by atoms with Gasteiger partial charge in [0.15, 0.2) is 5.78 Å². The lowest BCUT2D eigenvalue weighted by Crippen LogP contribution is -2.14. The molecule has 0 aliphatic rings. The molecule has 2 nitrogen and oxygen atoms in total. The van der Waals surface area contributed by atoms with E-state index >= 15 is 0 Å². The second kappa shape index (κ2) is 6.05. The highest BCUT2D eigenvalue weighted by molar-refractivity contribution is 6.36. The first kappa shape index (κ1) is 14.0. The Morgan fingerprint density at radius 3 is 2.29 bits per heavy atom. The Labute approximate surface area is 111 Å². The van der Waals surface area contributed by atoms with Gasteiger partial charge in [0, 0.05) is 22.0 Å². The normalized spacial score (nSPS) is 12.2. The van der Waals surface area contributed by atoms with Crippen LogP contribution in [0.3, 0.4) is 0 Å². The molecular formula is C13H13Cl2NO. The molecular weight excluding hydrogens is 257 g/mol. The molecule has 0 aliphatic heterocycles. The molecule has 0 spiro atoms. The standard InChI is InChI=1S/C13H13Cl2NO/c1-8(2)6-12(17)9(7-16)13-10(14)4-3-5-11(13)15/h3-5,8-9H,6H2,1-2H3. The number of hydrogen-bond donors (Lipinski definition) is 0. The van der Waals surface area contributed by atoms with Crippen molar-refractivity contribution in [1.29, 1.82) is 5.26 Å². The summed E-state index contributed by atoms with van der Waals surface area (Å²) in [7, 11) is 0. The van der Waals surface area contributed by atoms with Crippen molar-refractivity contribution >= 4 is 29.0 Å². The third kappa shape index (κ3) is 3.46. The molecule has 0 saturated carbocycles. The average Bonchev–Trinajstić information content (AvgIpc) is 2.22. The van der Waals surface area contributed by atoms with E-state index in [1.165, 1.54) is 0 Å². The quantitative estimate of drug-likeness (QED) is 0.822. The fraction of sp³-hybridized carbons (Fsp3) is 0.385. The first-order valence-corrected chi connectivity index (χ1v) is 6.09. The highest BCUT2D eigenvalue weighted by Gasteiger charge is 2.25. The van der Waals surface area contributed by atoms with Crippen molar-refractivity contribution in [3.8, 4) is 6.07 Å². The van der Waals surface area contributed by atoms with E-state index in [4.69, 9.17) is 28.5 Å². The maximum Gasteiger partial charge on any atom is 0.154 e. The molecule has 0 heterocycles. The van der Waals surface area contributed by atoms with E-state index in [9.17, 15) is 4.79 Å². The third-order valence-electron chi connectivity index (χ3n) is 2.35. The van der Waals surface area contributed by atoms with Crippen LogP contribution in [0.15, 0.2) is 18.2 Å². The third-order valence-corrected chi connectivity index (χ3v) is 3.01. The molecule has 1 aromatic rings. The maximum absolute atomic E-state index is 11.9. The molecule has 4 heteroatoms. The average molecular weight is 270 g/mol. The molecule has 1 unspecified atom stereocenters. The van der Waals surface area contributed by atoms with Crippen LogP contribution in [-0.4, -0.2) is 5.78 Å². The Morgan fingerprint density at radius 1 is 1.35 bits per heavy atom. The summed E-state index contributed by atoms with van der Waals surface area (Å²) in [6.07, 6.45) is 0.347. The number of nitrogens with zero attached hydrogens (tertiary/aromatic N) is 1. The van der Waals surface area contributed by atoms with Gasteiger partial charge in [-0.2, -0.15) is 5.26 Å². The van der Waals surface area contributed by atoms with Gasteiger partial charge in [-0.25, -0.2) is 0 Å². The van der Waals surface area contributed by atoms with Gasteiger partial charge in [0.1, 0.15) is 5.92 Å². The number of carbonyl (C=O) groups excluding carboxylic acids is 1. The summed E-state index contributed by atoms with van der Waals surface area (Å²) in [6.45, 7) is 3.86. The van der Waals surface area contributed by atoms with Crippen molar-refractivity contribution in [2.45, 2.75) is 26.2 Å². The number of Topliss-reactive ketones (excluding diaryl/α,β-unsaturated/α-hetero) is 1. The molecule has 1 atom stereocenters. The first-order chi connectivity index (χ1) is 7.97. The minimum absolute atomic E-state index is 0.141. The van der Waals surface area contributed by atoms with E-state index in [0.717, 1.165) is 0 Å². The van der Waals surface area contributed by atoms with E-state index in [1.54, 1.807) is 18.2 Å². The number of benzene rings is 1. The summed E-state index contributed by atoms with van der Waals surface area (Å²) in [5.74, 6) is -0.810. The van der Waals surface area contributed by atoms with E-state index in [-0.39, 0.29) is 11.7 Å². The van der Waals surface area contributed by atoms with Gasteiger partial charge in [0.2, 0.25) is 0 Å². The monoisotopic (exact) mass is 269 g/mol. The second-order valence-electron chi connectivity index (χ2n) is 4.26. The van der Waals surface area contributed by atoms with Gasteiger partial charge in [0.25, 0.3) is 0 Å². The Bertz CT molecular complexity index is 443. The lowest BCUT2D eigenvalue weighted by molar-refractivity contribution is -0.120. The van der Waals surface area contributed by atoms with Gasteiger partial charge in [-0.3, -0.25) is 4.79 Å². The van der Waals surface area contributed by atoms with Crippen LogP contribution in [0.4, 0.5) is 0 Å². The van der Waals surface area contributed by atoms with Crippen molar-refractivity contribution in [2.24, 2.45) is 5.92 Å². The first-order valence-electron chi connectivity index (χ1n) is 5.33. The van der Waals surface area contributed by atoms with Gasteiger partial charge in [-0.1, -0.05) is 43.1 Å². The molecule has 1 aromatic carbocycles. The summed E-state index contributed by atoms with van der Waals surface area (Å²) in [5, 5.41) is 9.85. The number of rotatable bonds is 4. The van der Waals surface area contributed by atoms with Gasteiger partial charge in [0.05, 0.1) is 6.07 Å². The molecule has 0 aliphatic carbocycles. The lowest BCUT2D eigenvalue weighted by Gasteiger charge is -2.13. The highest BCUT2D eigenvalue weighted by Crippen LogP contribution is 2.32. The van der Waals surface area contributed by atoms with E-state index < -0.39 is 5.92 Å². The van der Waals surface area contributed by atoms with Crippen molar-refractivity contribution in [1.82, 2.24) is 0 Å². The predicted octanol–water partition coefficient (Wildman–Crippen LogP) is 4.22.